The zero-order chi connectivity index (χ0) is 10.7. The first kappa shape index (κ1) is 10.2. The second kappa shape index (κ2) is 4.47. The SMILES string of the molecule is C/C=C\n1ncn(C2CCCCC2)c1=O. The van der Waals surface area contributed by atoms with Crippen LogP contribution in [0.3, 0.4) is 0 Å². The molecule has 0 saturated heterocycles. The van der Waals surface area contributed by atoms with Crippen molar-refractivity contribution in [1.82, 2.24) is 14.3 Å². The summed E-state index contributed by atoms with van der Waals surface area (Å²) in [5.74, 6) is 0. The Labute approximate surface area is 89.2 Å². The molecule has 0 spiro atoms. The Bertz CT molecular complexity index is 396. The molecule has 1 heterocycles. The highest BCUT2D eigenvalue weighted by Crippen LogP contribution is 2.26. The Morgan fingerprint density at radius 1 is 1.40 bits per heavy atom. The number of allylic oxidation sites excluding steroid dienone is 1. The van der Waals surface area contributed by atoms with Crippen LogP contribution in [0.2, 0.25) is 0 Å². The third-order valence-corrected chi connectivity index (χ3v) is 2.98. The van der Waals surface area contributed by atoms with E-state index in [1.54, 1.807) is 17.1 Å². The molecule has 1 aliphatic rings. The van der Waals surface area contributed by atoms with E-state index in [2.05, 4.69) is 5.10 Å². The van der Waals surface area contributed by atoms with Gasteiger partial charge in [-0.3, -0.25) is 4.57 Å². The van der Waals surface area contributed by atoms with Crippen LogP contribution in [0.25, 0.3) is 6.20 Å². The predicted octanol–water partition coefficient (Wildman–Crippen LogP) is 2.04. The van der Waals surface area contributed by atoms with Crippen LogP contribution in [0, 0.1) is 0 Å². The van der Waals surface area contributed by atoms with E-state index in [4.69, 9.17) is 0 Å². The van der Waals surface area contributed by atoms with E-state index in [-0.39, 0.29) is 5.69 Å². The zero-order valence-electron chi connectivity index (χ0n) is 9.09. The lowest BCUT2D eigenvalue weighted by Gasteiger charge is -2.21. The molecule has 0 aromatic carbocycles. The van der Waals surface area contributed by atoms with Gasteiger partial charge in [-0.05, 0) is 19.8 Å². The Kier molecular flexibility index (Phi) is 3.04. The maximum atomic E-state index is 11.9. The monoisotopic (exact) mass is 207 g/mol. The fraction of sp³-hybridized carbons (Fsp3) is 0.636. The summed E-state index contributed by atoms with van der Waals surface area (Å²) in [6, 6.07) is 0.366. The zero-order valence-corrected chi connectivity index (χ0v) is 9.09. The van der Waals surface area contributed by atoms with Crippen molar-refractivity contribution in [1.29, 1.82) is 0 Å². The molecule has 0 radical (unpaired) electrons. The van der Waals surface area contributed by atoms with Crippen LogP contribution in [0.15, 0.2) is 17.2 Å². The Hall–Kier alpha value is -1.32. The van der Waals surface area contributed by atoms with Crippen molar-refractivity contribution in [2.24, 2.45) is 0 Å². The lowest BCUT2D eigenvalue weighted by Crippen LogP contribution is -2.26. The van der Waals surface area contributed by atoms with E-state index in [9.17, 15) is 4.79 Å². The van der Waals surface area contributed by atoms with Crippen molar-refractivity contribution in [3.05, 3.63) is 22.9 Å². The van der Waals surface area contributed by atoms with E-state index >= 15 is 0 Å². The molecule has 1 aromatic heterocycles. The van der Waals surface area contributed by atoms with E-state index in [1.807, 2.05) is 13.0 Å². The van der Waals surface area contributed by atoms with E-state index in [0.717, 1.165) is 12.8 Å². The summed E-state index contributed by atoms with van der Waals surface area (Å²) in [5.41, 5.74) is -0.0139. The predicted molar refractivity (Wildman–Crippen MR) is 59.6 cm³/mol. The molecule has 2 rings (SSSR count). The maximum Gasteiger partial charge on any atom is 0.350 e. The summed E-state index contributed by atoms with van der Waals surface area (Å²) in [6.07, 6.45) is 11.2. The van der Waals surface area contributed by atoms with Gasteiger partial charge in [0.2, 0.25) is 0 Å². The molecule has 1 fully saturated rings. The van der Waals surface area contributed by atoms with Crippen LogP contribution in [-0.2, 0) is 0 Å². The normalized spacial score (nSPS) is 18.7. The highest BCUT2D eigenvalue weighted by molar-refractivity contribution is 5.16. The van der Waals surface area contributed by atoms with Gasteiger partial charge in [0.15, 0.2) is 0 Å². The molecule has 4 nitrogen and oxygen atoms in total. The summed E-state index contributed by atoms with van der Waals surface area (Å²) >= 11 is 0. The molecule has 1 aliphatic carbocycles. The first-order valence-corrected chi connectivity index (χ1v) is 5.61. The second-order valence-electron chi connectivity index (χ2n) is 4.04. The molecule has 15 heavy (non-hydrogen) atoms. The van der Waals surface area contributed by atoms with Gasteiger partial charge in [-0.25, -0.2) is 4.79 Å². The van der Waals surface area contributed by atoms with Crippen LogP contribution in [-0.4, -0.2) is 14.3 Å². The lowest BCUT2D eigenvalue weighted by molar-refractivity contribution is 0.346. The van der Waals surface area contributed by atoms with Crippen LogP contribution < -0.4 is 5.69 Å². The number of aromatic nitrogens is 3. The Balaban J connectivity index is 2.24. The van der Waals surface area contributed by atoms with Gasteiger partial charge in [0.25, 0.3) is 0 Å². The molecular weight excluding hydrogens is 190 g/mol. The van der Waals surface area contributed by atoms with Crippen molar-refractivity contribution in [2.45, 2.75) is 45.1 Å². The largest absolute Gasteiger partial charge is 0.350 e. The Morgan fingerprint density at radius 3 is 2.80 bits per heavy atom. The molecule has 1 aromatic rings. The van der Waals surface area contributed by atoms with Gasteiger partial charge in [0.1, 0.15) is 6.33 Å². The quantitative estimate of drug-likeness (QED) is 0.744. The molecule has 0 unspecified atom stereocenters. The van der Waals surface area contributed by atoms with Gasteiger partial charge in [0.05, 0.1) is 0 Å². The first-order chi connectivity index (χ1) is 7.33. The number of nitrogens with zero attached hydrogens (tertiary/aromatic N) is 3. The molecule has 0 bridgehead atoms. The van der Waals surface area contributed by atoms with Crippen LogP contribution in [0.4, 0.5) is 0 Å². The minimum absolute atomic E-state index is 0.0139. The topological polar surface area (TPSA) is 39.8 Å². The molecular formula is C11H17N3O. The molecule has 0 atom stereocenters. The summed E-state index contributed by atoms with van der Waals surface area (Å²) in [6.45, 7) is 1.88. The minimum atomic E-state index is -0.0139. The molecule has 0 N–H and O–H groups in total. The van der Waals surface area contributed by atoms with Crippen molar-refractivity contribution in [3.63, 3.8) is 0 Å². The summed E-state index contributed by atoms with van der Waals surface area (Å²) in [7, 11) is 0. The molecule has 82 valence electrons. The van der Waals surface area contributed by atoms with E-state index in [1.165, 1.54) is 23.9 Å². The van der Waals surface area contributed by atoms with Gasteiger partial charge in [-0.15, -0.1) is 0 Å². The Morgan fingerprint density at radius 2 is 2.13 bits per heavy atom. The fourth-order valence-corrected chi connectivity index (χ4v) is 2.18. The van der Waals surface area contributed by atoms with Crippen LogP contribution in [0.5, 0.6) is 0 Å². The van der Waals surface area contributed by atoms with E-state index in [0.29, 0.717) is 6.04 Å². The van der Waals surface area contributed by atoms with Gasteiger partial charge in [0, 0.05) is 12.2 Å². The standard InChI is InChI=1S/C11H17N3O/c1-2-8-14-11(15)13(9-12-14)10-6-4-3-5-7-10/h2,8-10H,3-7H2,1H3/b8-2-. The van der Waals surface area contributed by atoms with Gasteiger partial charge < -0.3 is 0 Å². The minimum Gasteiger partial charge on any atom is -0.278 e. The van der Waals surface area contributed by atoms with E-state index < -0.39 is 0 Å². The number of rotatable bonds is 2. The summed E-state index contributed by atoms with van der Waals surface area (Å²) in [5, 5.41) is 4.06. The highest BCUT2D eigenvalue weighted by atomic mass is 16.2. The molecule has 0 aliphatic heterocycles. The van der Waals surface area contributed by atoms with Gasteiger partial charge >= 0.3 is 5.69 Å². The molecule has 1 saturated carbocycles. The highest BCUT2D eigenvalue weighted by Gasteiger charge is 2.17. The average molecular weight is 207 g/mol. The van der Waals surface area contributed by atoms with Crippen molar-refractivity contribution >= 4 is 6.20 Å². The van der Waals surface area contributed by atoms with Crippen LogP contribution >= 0.6 is 0 Å². The fourth-order valence-electron chi connectivity index (χ4n) is 2.18. The third-order valence-electron chi connectivity index (χ3n) is 2.98. The van der Waals surface area contributed by atoms with Crippen molar-refractivity contribution in [3.8, 4) is 0 Å². The second-order valence-corrected chi connectivity index (χ2v) is 4.04. The lowest BCUT2D eigenvalue weighted by atomic mass is 9.95. The average Bonchev–Trinajstić information content (AvgIpc) is 2.63. The molecule has 0 amide bonds. The van der Waals surface area contributed by atoms with Gasteiger partial charge in [-0.2, -0.15) is 9.78 Å². The number of hydrogen-bond donors (Lipinski definition) is 0. The van der Waals surface area contributed by atoms with Crippen molar-refractivity contribution < 1.29 is 0 Å². The summed E-state index contributed by atoms with van der Waals surface area (Å²) < 4.78 is 3.17. The number of hydrogen-bond acceptors (Lipinski definition) is 2. The summed E-state index contributed by atoms with van der Waals surface area (Å²) in [4.78, 5) is 11.9. The smallest absolute Gasteiger partial charge is 0.278 e. The van der Waals surface area contributed by atoms with Crippen molar-refractivity contribution in [2.75, 3.05) is 0 Å². The maximum absolute atomic E-state index is 11.9. The third kappa shape index (κ3) is 2.03. The van der Waals surface area contributed by atoms with Crippen LogP contribution in [0.1, 0.15) is 45.1 Å². The molecule has 4 heteroatoms. The first-order valence-electron chi connectivity index (χ1n) is 5.61. The van der Waals surface area contributed by atoms with Gasteiger partial charge in [-0.1, -0.05) is 25.3 Å².